The molecule has 1 saturated heterocycles. The summed E-state index contributed by atoms with van der Waals surface area (Å²) in [5.74, 6) is 0. The first-order valence-electron chi connectivity index (χ1n) is 6.48. The van der Waals surface area contributed by atoms with Gasteiger partial charge < -0.3 is 20.3 Å². The SMILES string of the molecule is CC.CC.CNC(=O)NCC1CN(C)CCO1. The topological polar surface area (TPSA) is 53.6 Å². The van der Waals surface area contributed by atoms with E-state index in [9.17, 15) is 4.79 Å². The zero-order chi connectivity index (χ0) is 13.7. The Morgan fingerprint density at radius 2 is 1.94 bits per heavy atom. The Bertz CT molecular complexity index is 177. The highest BCUT2D eigenvalue weighted by atomic mass is 16.5. The molecule has 104 valence electrons. The standard InChI is InChI=1S/C8H17N3O2.2C2H6/c1-9-8(12)10-5-7-6-11(2)3-4-13-7;2*1-2/h7H,3-6H2,1-2H3,(H2,9,10,12);2*1-2H3. The molecule has 0 aromatic heterocycles. The van der Waals surface area contributed by atoms with Crippen molar-refractivity contribution in [2.75, 3.05) is 40.3 Å². The predicted octanol–water partition coefficient (Wildman–Crippen LogP) is 1.30. The molecule has 0 spiro atoms. The maximum Gasteiger partial charge on any atom is 0.314 e. The quantitative estimate of drug-likeness (QED) is 0.773. The summed E-state index contributed by atoms with van der Waals surface area (Å²) in [7, 11) is 3.65. The second-order valence-corrected chi connectivity index (χ2v) is 3.22. The van der Waals surface area contributed by atoms with Gasteiger partial charge in [-0.15, -0.1) is 0 Å². The maximum atomic E-state index is 10.8. The lowest BCUT2D eigenvalue weighted by molar-refractivity contribution is -0.0167. The molecule has 0 bridgehead atoms. The van der Waals surface area contributed by atoms with Crippen LogP contribution in [0, 0.1) is 0 Å². The minimum atomic E-state index is -0.156. The van der Waals surface area contributed by atoms with Crippen LogP contribution in [-0.2, 0) is 4.74 Å². The Labute approximate surface area is 106 Å². The van der Waals surface area contributed by atoms with E-state index in [1.807, 2.05) is 27.7 Å². The summed E-state index contributed by atoms with van der Waals surface area (Å²) in [5, 5.41) is 5.22. The average molecular weight is 247 g/mol. The number of hydrogen-bond acceptors (Lipinski definition) is 3. The minimum Gasteiger partial charge on any atom is -0.374 e. The molecule has 2 N–H and O–H groups in total. The summed E-state index contributed by atoms with van der Waals surface area (Å²) < 4.78 is 5.46. The van der Waals surface area contributed by atoms with Crippen LogP contribution in [0.5, 0.6) is 0 Å². The maximum absolute atomic E-state index is 10.8. The third-order valence-corrected chi connectivity index (χ3v) is 2.06. The van der Waals surface area contributed by atoms with E-state index < -0.39 is 0 Å². The van der Waals surface area contributed by atoms with Crippen LogP contribution in [0.1, 0.15) is 27.7 Å². The number of nitrogens with one attached hydrogen (secondary N) is 2. The normalized spacial score (nSPS) is 19.1. The van der Waals surface area contributed by atoms with Gasteiger partial charge in [-0.25, -0.2) is 4.79 Å². The van der Waals surface area contributed by atoms with Crippen molar-refractivity contribution in [3.8, 4) is 0 Å². The van der Waals surface area contributed by atoms with Crippen molar-refractivity contribution in [1.29, 1.82) is 0 Å². The molecule has 0 aliphatic carbocycles. The van der Waals surface area contributed by atoms with Crippen LogP contribution in [0.2, 0.25) is 0 Å². The number of carbonyl (C=O) groups excluding carboxylic acids is 1. The molecule has 1 rings (SSSR count). The first-order chi connectivity index (χ1) is 8.22. The van der Waals surface area contributed by atoms with Crippen molar-refractivity contribution < 1.29 is 9.53 Å². The van der Waals surface area contributed by atoms with Crippen molar-refractivity contribution in [2.45, 2.75) is 33.8 Å². The third-order valence-electron chi connectivity index (χ3n) is 2.06. The van der Waals surface area contributed by atoms with E-state index in [4.69, 9.17) is 4.74 Å². The van der Waals surface area contributed by atoms with Gasteiger partial charge in [0.1, 0.15) is 0 Å². The lowest BCUT2D eigenvalue weighted by Crippen LogP contribution is -2.47. The number of rotatable bonds is 2. The Hall–Kier alpha value is -0.810. The van der Waals surface area contributed by atoms with Gasteiger partial charge in [0.25, 0.3) is 0 Å². The van der Waals surface area contributed by atoms with Crippen LogP contribution in [-0.4, -0.2) is 57.4 Å². The molecule has 1 unspecified atom stereocenters. The number of carbonyl (C=O) groups is 1. The van der Waals surface area contributed by atoms with E-state index in [1.165, 1.54) is 0 Å². The molecule has 17 heavy (non-hydrogen) atoms. The average Bonchev–Trinajstić information content (AvgIpc) is 2.40. The number of ether oxygens (including phenoxy) is 1. The predicted molar refractivity (Wildman–Crippen MR) is 72.4 cm³/mol. The summed E-state index contributed by atoms with van der Waals surface area (Å²) in [6.07, 6.45) is 0.121. The first-order valence-corrected chi connectivity index (χ1v) is 6.48. The number of urea groups is 1. The van der Waals surface area contributed by atoms with Gasteiger partial charge in [0.15, 0.2) is 0 Å². The molecule has 0 radical (unpaired) electrons. The first kappa shape index (κ1) is 18.6. The number of morpholine rings is 1. The van der Waals surface area contributed by atoms with E-state index in [0.29, 0.717) is 6.54 Å². The van der Waals surface area contributed by atoms with E-state index >= 15 is 0 Å². The second kappa shape index (κ2) is 13.3. The zero-order valence-electron chi connectivity index (χ0n) is 12.2. The van der Waals surface area contributed by atoms with Gasteiger partial charge in [0.05, 0.1) is 12.7 Å². The van der Waals surface area contributed by atoms with Crippen LogP contribution in [0.15, 0.2) is 0 Å². The van der Waals surface area contributed by atoms with E-state index in [2.05, 4.69) is 22.6 Å². The molecule has 0 aromatic carbocycles. The van der Waals surface area contributed by atoms with E-state index in [-0.39, 0.29) is 12.1 Å². The highest BCUT2D eigenvalue weighted by molar-refractivity contribution is 5.73. The minimum absolute atomic E-state index is 0.121. The second-order valence-electron chi connectivity index (χ2n) is 3.22. The van der Waals surface area contributed by atoms with Crippen molar-refractivity contribution in [2.24, 2.45) is 0 Å². The van der Waals surface area contributed by atoms with Crippen LogP contribution >= 0.6 is 0 Å². The monoisotopic (exact) mass is 247 g/mol. The van der Waals surface area contributed by atoms with Gasteiger partial charge in [0.2, 0.25) is 0 Å². The van der Waals surface area contributed by atoms with E-state index in [0.717, 1.165) is 19.7 Å². The van der Waals surface area contributed by atoms with Gasteiger partial charge in [0, 0.05) is 26.7 Å². The highest BCUT2D eigenvalue weighted by Gasteiger charge is 2.17. The van der Waals surface area contributed by atoms with Crippen LogP contribution in [0.4, 0.5) is 4.79 Å². The summed E-state index contributed by atoms with van der Waals surface area (Å²) in [6.45, 7) is 11.2. The lowest BCUT2D eigenvalue weighted by atomic mass is 10.3. The van der Waals surface area contributed by atoms with Gasteiger partial charge in [-0.3, -0.25) is 0 Å². The molecular formula is C12H29N3O2. The molecule has 5 nitrogen and oxygen atoms in total. The van der Waals surface area contributed by atoms with E-state index in [1.54, 1.807) is 7.05 Å². The molecule has 0 aromatic rings. The van der Waals surface area contributed by atoms with Gasteiger partial charge in [-0.05, 0) is 7.05 Å². The molecule has 0 saturated carbocycles. The van der Waals surface area contributed by atoms with Gasteiger partial charge >= 0.3 is 6.03 Å². The van der Waals surface area contributed by atoms with Crippen molar-refractivity contribution >= 4 is 6.03 Å². The lowest BCUT2D eigenvalue weighted by Gasteiger charge is -2.29. The smallest absolute Gasteiger partial charge is 0.314 e. The van der Waals surface area contributed by atoms with Crippen LogP contribution in [0.3, 0.4) is 0 Å². The number of hydrogen-bond donors (Lipinski definition) is 2. The Balaban J connectivity index is 0. The number of nitrogens with zero attached hydrogens (tertiary/aromatic N) is 1. The number of amides is 2. The molecule has 1 aliphatic rings. The molecule has 1 fully saturated rings. The molecular weight excluding hydrogens is 218 g/mol. The van der Waals surface area contributed by atoms with Gasteiger partial charge in [-0.1, -0.05) is 27.7 Å². The molecule has 2 amide bonds. The fourth-order valence-corrected chi connectivity index (χ4v) is 1.29. The van der Waals surface area contributed by atoms with Crippen molar-refractivity contribution in [3.63, 3.8) is 0 Å². The fourth-order valence-electron chi connectivity index (χ4n) is 1.29. The highest BCUT2D eigenvalue weighted by Crippen LogP contribution is 2.00. The Kier molecular flexibility index (Phi) is 14.5. The van der Waals surface area contributed by atoms with Gasteiger partial charge in [-0.2, -0.15) is 0 Å². The fraction of sp³-hybridized carbons (Fsp3) is 0.917. The number of likely N-dealkylation sites (N-methyl/N-ethyl adjacent to an activating group) is 1. The van der Waals surface area contributed by atoms with Crippen LogP contribution < -0.4 is 10.6 Å². The van der Waals surface area contributed by atoms with Crippen molar-refractivity contribution in [3.05, 3.63) is 0 Å². The summed E-state index contributed by atoms with van der Waals surface area (Å²) in [5.41, 5.74) is 0. The summed E-state index contributed by atoms with van der Waals surface area (Å²) >= 11 is 0. The van der Waals surface area contributed by atoms with Crippen LogP contribution in [0.25, 0.3) is 0 Å². The molecule has 5 heteroatoms. The molecule has 1 atom stereocenters. The molecule has 1 aliphatic heterocycles. The largest absolute Gasteiger partial charge is 0.374 e. The zero-order valence-corrected chi connectivity index (χ0v) is 12.2. The third kappa shape index (κ3) is 10.1. The summed E-state index contributed by atoms with van der Waals surface area (Å²) in [6, 6.07) is -0.156. The Morgan fingerprint density at radius 3 is 2.41 bits per heavy atom. The Morgan fingerprint density at radius 1 is 1.35 bits per heavy atom. The molecule has 1 heterocycles. The van der Waals surface area contributed by atoms with Crippen molar-refractivity contribution in [1.82, 2.24) is 15.5 Å². The summed E-state index contributed by atoms with van der Waals surface area (Å²) in [4.78, 5) is 13.0.